The fraction of sp³-hybridized carbons (Fsp3) is 0.276. The van der Waals surface area contributed by atoms with E-state index in [1.165, 1.54) is 166 Å². The van der Waals surface area contributed by atoms with E-state index in [-0.39, 0.29) is 0 Å². The molecule has 0 aromatic heterocycles. The largest absolute Gasteiger partial charge is 0.0584 e. The Bertz CT molecular complexity index is 2670. The van der Waals surface area contributed by atoms with E-state index in [4.69, 9.17) is 0 Å². The number of rotatable bonds is 4. The van der Waals surface area contributed by atoms with Gasteiger partial charge in [0.2, 0.25) is 0 Å². The predicted octanol–water partition coefficient (Wildman–Crippen LogP) is 16.7. The molecule has 0 radical (unpaired) electrons. The third-order valence-electron chi connectivity index (χ3n) is 14.9. The summed E-state index contributed by atoms with van der Waals surface area (Å²) < 4.78 is 0. The van der Waals surface area contributed by atoms with E-state index in [0.717, 1.165) is 0 Å². The first-order valence-corrected chi connectivity index (χ1v) is 21.2. The van der Waals surface area contributed by atoms with E-state index in [0.29, 0.717) is 0 Å². The lowest BCUT2D eigenvalue weighted by Crippen LogP contribution is -2.03. The molecule has 0 spiro atoms. The van der Waals surface area contributed by atoms with Crippen LogP contribution < -0.4 is 0 Å². The summed E-state index contributed by atoms with van der Waals surface area (Å²) in [6, 6.07) is 29.1. The van der Waals surface area contributed by atoms with Gasteiger partial charge in [-0.25, -0.2) is 0 Å². The number of benzene rings is 8. The summed E-state index contributed by atoms with van der Waals surface area (Å²) in [5.41, 5.74) is 32.1. The standard InChI is InChI=1S/C58H60/c1-29-17-21-45(41(13)37(29)9)53-49-25-33(5)34(6)26-50(49)55(47-23-19-31(3)39(11)43(47)15)58-56(48-24-20-32(4)40(12)44(48)16)52-28-36(8)35(7)27-51(52)54(57(53)58)46-22-18-30(2)38(10)42(46)14/h17-28H,1-16H3. The molecule has 0 aliphatic heterocycles. The van der Waals surface area contributed by atoms with Crippen molar-refractivity contribution in [2.75, 3.05) is 0 Å². The van der Waals surface area contributed by atoms with Crippen LogP contribution in [-0.4, -0.2) is 0 Å². The summed E-state index contributed by atoms with van der Waals surface area (Å²) in [6.45, 7) is 36.8. The molecule has 8 aromatic carbocycles. The first-order chi connectivity index (χ1) is 27.4. The molecule has 0 fully saturated rings. The molecular formula is C58H60. The SMILES string of the molecule is Cc1cc2c(-c3ccc(C)c(C)c3C)c3c(-c4ccc(C)c(C)c4C)c4cc(C)c(C)cc4c(-c4ccc(C)c(C)c4C)c3c(-c3ccc(C)c(C)c3C)c2cc1C. The van der Waals surface area contributed by atoms with Crippen LogP contribution in [0.15, 0.2) is 72.8 Å². The zero-order valence-electron chi connectivity index (χ0n) is 37.9. The summed E-state index contributed by atoms with van der Waals surface area (Å²) in [5.74, 6) is 0. The lowest BCUT2D eigenvalue weighted by molar-refractivity contribution is 1.26. The summed E-state index contributed by atoms with van der Waals surface area (Å²) >= 11 is 0. The molecule has 0 saturated heterocycles. The maximum absolute atomic E-state index is 2.51. The number of hydrogen-bond acceptors (Lipinski definition) is 0. The second kappa shape index (κ2) is 14.1. The molecule has 0 aliphatic rings. The number of hydrogen-bond donors (Lipinski definition) is 0. The first kappa shape index (κ1) is 39.4. The lowest BCUT2D eigenvalue weighted by Gasteiger charge is -2.29. The van der Waals surface area contributed by atoms with Gasteiger partial charge in [-0.3, -0.25) is 0 Å². The number of aryl methyl sites for hydroxylation is 8. The van der Waals surface area contributed by atoms with Crippen molar-refractivity contribution in [3.05, 3.63) is 162 Å². The van der Waals surface area contributed by atoms with E-state index in [1.54, 1.807) is 0 Å². The quantitative estimate of drug-likeness (QED) is 0.157. The van der Waals surface area contributed by atoms with Crippen molar-refractivity contribution < 1.29 is 0 Å². The molecule has 0 unspecified atom stereocenters. The summed E-state index contributed by atoms with van der Waals surface area (Å²) in [6.07, 6.45) is 0. The van der Waals surface area contributed by atoms with Crippen molar-refractivity contribution >= 4 is 32.3 Å². The Morgan fingerprint density at radius 2 is 0.397 bits per heavy atom. The zero-order valence-corrected chi connectivity index (χ0v) is 37.9. The van der Waals surface area contributed by atoms with Gasteiger partial charge in [0.1, 0.15) is 0 Å². The smallest absolute Gasteiger partial charge is 0.000118 e. The van der Waals surface area contributed by atoms with Crippen molar-refractivity contribution in [3.63, 3.8) is 0 Å². The molecule has 58 heavy (non-hydrogen) atoms. The fourth-order valence-electron chi connectivity index (χ4n) is 9.78. The van der Waals surface area contributed by atoms with Crippen molar-refractivity contribution in [2.45, 2.75) is 111 Å². The van der Waals surface area contributed by atoms with E-state index in [9.17, 15) is 0 Å². The second-order valence-electron chi connectivity index (χ2n) is 17.9. The van der Waals surface area contributed by atoms with Gasteiger partial charge in [0.25, 0.3) is 0 Å². The molecular weight excluding hydrogens is 697 g/mol. The van der Waals surface area contributed by atoms with Gasteiger partial charge >= 0.3 is 0 Å². The molecule has 0 N–H and O–H groups in total. The van der Waals surface area contributed by atoms with Gasteiger partial charge in [0.15, 0.2) is 0 Å². The lowest BCUT2D eigenvalue weighted by atomic mass is 9.74. The van der Waals surface area contributed by atoms with Crippen LogP contribution in [0.25, 0.3) is 76.8 Å². The number of fused-ring (bicyclic) bond motifs is 3. The van der Waals surface area contributed by atoms with Gasteiger partial charge in [-0.05, 0) is 277 Å². The van der Waals surface area contributed by atoms with Crippen LogP contribution in [0.3, 0.4) is 0 Å². The molecule has 8 aromatic rings. The summed E-state index contributed by atoms with van der Waals surface area (Å²) in [7, 11) is 0. The van der Waals surface area contributed by atoms with Gasteiger partial charge in [-0.1, -0.05) is 72.8 Å². The minimum absolute atomic E-state index is 1.32. The van der Waals surface area contributed by atoms with Crippen LogP contribution in [-0.2, 0) is 0 Å². The molecule has 0 saturated carbocycles. The molecule has 8 rings (SSSR count). The third kappa shape index (κ3) is 5.78. The van der Waals surface area contributed by atoms with E-state index in [1.807, 2.05) is 0 Å². The average Bonchev–Trinajstić information content (AvgIpc) is 3.18. The monoisotopic (exact) mass is 756 g/mol. The summed E-state index contributed by atoms with van der Waals surface area (Å²) in [4.78, 5) is 0. The van der Waals surface area contributed by atoms with Crippen LogP contribution in [0.5, 0.6) is 0 Å². The highest BCUT2D eigenvalue weighted by atomic mass is 14.3. The van der Waals surface area contributed by atoms with Gasteiger partial charge in [-0.2, -0.15) is 0 Å². The highest BCUT2D eigenvalue weighted by molar-refractivity contribution is 6.34. The molecule has 0 heterocycles. The molecule has 0 bridgehead atoms. The minimum Gasteiger partial charge on any atom is -0.0584 e. The van der Waals surface area contributed by atoms with Gasteiger partial charge < -0.3 is 0 Å². The Kier molecular flexibility index (Phi) is 9.59. The van der Waals surface area contributed by atoms with Crippen molar-refractivity contribution in [1.82, 2.24) is 0 Å². The first-order valence-electron chi connectivity index (χ1n) is 21.2. The third-order valence-corrected chi connectivity index (χ3v) is 14.9. The maximum atomic E-state index is 2.51. The Morgan fingerprint density at radius 3 is 0.586 bits per heavy atom. The van der Waals surface area contributed by atoms with Gasteiger partial charge in [-0.15, -0.1) is 0 Å². The van der Waals surface area contributed by atoms with Crippen molar-refractivity contribution in [1.29, 1.82) is 0 Å². The van der Waals surface area contributed by atoms with Crippen LogP contribution in [0.4, 0.5) is 0 Å². The molecule has 0 atom stereocenters. The Balaban J connectivity index is 1.88. The van der Waals surface area contributed by atoms with E-state index >= 15 is 0 Å². The highest BCUT2D eigenvalue weighted by Gasteiger charge is 2.29. The molecule has 292 valence electrons. The van der Waals surface area contributed by atoms with Crippen LogP contribution in [0, 0.1) is 111 Å². The average molecular weight is 757 g/mol. The van der Waals surface area contributed by atoms with Crippen molar-refractivity contribution in [3.8, 4) is 44.5 Å². The van der Waals surface area contributed by atoms with Crippen LogP contribution in [0.2, 0.25) is 0 Å². The highest BCUT2D eigenvalue weighted by Crippen LogP contribution is 2.56. The fourth-order valence-corrected chi connectivity index (χ4v) is 9.78. The Labute approximate surface area is 348 Å². The van der Waals surface area contributed by atoms with Gasteiger partial charge in [0.05, 0.1) is 0 Å². The van der Waals surface area contributed by atoms with Crippen molar-refractivity contribution in [2.24, 2.45) is 0 Å². The normalized spacial score (nSPS) is 11.8. The molecule has 0 aliphatic carbocycles. The van der Waals surface area contributed by atoms with Crippen LogP contribution in [0.1, 0.15) is 89.0 Å². The molecule has 0 amide bonds. The maximum Gasteiger partial charge on any atom is -0.000118 e. The molecule has 0 nitrogen and oxygen atoms in total. The topological polar surface area (TPSA) is 0 Å². The van der Waals surface area contributed by atoms with Crippen LogP contribution >= 0.6 is 0 Å². The van der Waals surface area contributed by atoms with E-state index in [2.05, 4.69) is 184 Å². The molecule has 0 heteroatoms. The second-order valence-corrected chi connectivity index (χ2v) is 17.9. The van der Waals surface area contributed by atoms with Gasteiger partial charge in [0, 0.05) is 0 Å². The minimum atomic E-state index is 1.32. The Hall–Kier alpha value is -5.46. The zero-order chi connectivity index (χ0) is 41.8. The van der Waals surface area contributed by atoms with E-state index < -0.39 is 0 Å². The predicted molar refractivity (Wildman–Crippen MR) is 256 cm³/mol. The Morgan fingerprint density at radius 1 is 0.207 bits per heavy atom. The summed E-state index contributed by atoms with van der Waals surface area (Å²) in [5, 5.41) is 7.99.